The van der Waals surface area contributed by atoms with Gasteiger partial charge in [-0.1, -0.05) is 51.0 Å². The van der Waals surface area contributed by atoms with Gasteiger partial charge in [0.15, 0.2) is 0 Å². The van der Waals surface area contributed by atoms with Crippen LogP contribution in [0.3, 0.4) is 0 Å². The fourth-order valence-corrected chi connectivity index (χ4v) is 1.73. The van der Waals surface area contributed by atoms with Gasteiger partial charge in [0.2, 0.25) is 0 Å². The highest BCUT2D eigenvalue weighted by Crippen LogP contribution is 2.15. The second-order valence-electron chi connectivity index (χ2n) is 4.44. The molecule has 0 spiro atoms. The van der Waals surface area contributed by atoms with Gasteiger partial charge in [0.25, 0.3) is 0 Å². The summed E-state index contributed by atoms with van der Waals surface area (Å²) in [4.78, 5) is 0. The van der Waals surface area contributed by atoms with Gasteiger partial charge in [-0.3, -0.25) is 0 Å². The number of aliphatic hydroxyl groups is 1. The van der Waals surface area contributed by atoms with Gasteiger partial charge in [0.05, 0.1) is 6.61 Å². The summed E-state index contributed by atoms with van der Waals surface area (Å²) in [6.07, 6.45) is 3.94. The second-order valence-corrected chi connectivity index (χ2v) is 4.44. The molecule has 0 bridgehead atoms. The Morgan fingerprint density at radius 1 is 1.12 bits per heavy atom. The van der Waals surface area contributed by atoms with E-state index in [-0.39, 0.29) is 0 Å². The van der Waals surface area contributed by atoms with Crippen molar-refractivity contribution in [2.45, 2.75) is 45.6 Å². The van der Waals surface area contributed by atoms with Gasteiger partial charge in [-0.05, 0) is 24.0 Å². The lowest BCUT2D eigenvalue weighted by atomic mass is 10.0. The number of rotatable bonds is 8. The molecule has 1 rings (SSSR count). The van der Waals surface area contributed by atoms with Gasteiger partial charge in [0, 0.05) is 6.61 Å². The maximum absolute atomic E-state index is 9.92. The van der Waals surface area contributed by atoms with E-state index in [2.05, 4.69) is 26.0 Å². The van der Waals surface area contributed by atoms with Crippen LogP contribution >= 0.6 is 0 Å². The van der Waals surface area contributed by atoms with Crippen molar-refractivity contribution in [3.05, 3.63) is 35.4 Å². The molecule has 2 heteroatoms. The van der Waals surface area contributed by atoms with Crippen LogP contribution in [0.15, 0.2) is 24.3 Å². The molecule has 1 atom stereocenters. The average molecular weight is 236 g/mol. The summed E-state index contributed by atoms with van der Waals surface area (Å²) in [5, 5.41) is 9.92. The van der Waals surface area contributed by atoms with E-state index in [1.807, 2.05) is 12.1 Å². The minimum atomic E-state index is -0.498. The van der Waals surface area contributed by atoms with Gasteiger partial charge in [0.1, 0.15) is 6.10 Å². The van der Waals surface area contributed by atoms with Crippen molar-refractivity contribution < 1.29 is 9.84 Å². The van der Waals surface area contributed by atoms with Crippen LogP contribution in [0.1, 0.15) is 50.3 Å². The van der Waals surface area contributed by atoms with Crippen molar-refractivity contribution in [2.75, 3.05) is 13.2 Å². The van der Waals surface area contributed by atoms with E-state index in [1.165, 1.54) is 5.56 Å². The van der Waals surface area contributed by atoms with Crippen LogP contribution in [-0.2, 0) is 11.2 Å². The molecule has 0 heterocycles. The third-order valence-corrected chi connectivity index (χ3v) is 2.82. The first kappa shape index (κ1) is 14.2. The van der Waals surface area contributed by atoms with Crippen molar-refractivity contribution >= 4 is 0 Å². The van der Waals surface area contributed by atoms with Crippen molar-refractivity contribution in [2.24, 2.45) is 0 Å². The SMILES string of the molecule is CCCCOCC(O)c1ccc(CCC)cc1. The fourth-order valence-electron chi connectivity index (χ4n) is 1.73. The number of ether oxygens (including phenoxy) is 1. The van der Waals surface area contributed by atoms with Crippen LogP contribution in [0.2, 0.25) is 0 Å². The highest BCUT2D eigenvalue weighted by Gasteiger charge is 2.07. The maximum atomic E-state index is 9.92. The zero-order chi connectivity index (χ0) is 12.5. The number of aliphatic hydroxyl groups excluding tert-OH is 1. The van der Waals surface area contributed by atoms with Gasteiger partial charge in [-0.15, -0.1) is 0 Å². The van der Waals surface area contributed by atoms with Crippen molar-refractivity contribution in [1.82, 2.24) is 0 Å². The molecule has 1 unspecified atom stereocenters. The molecule has 1 N–H and O–H groups in total. The summed E-state index contributed by atoms with van der Waals surface area (Å²) in [6.45, 7) is 5.44. The Labute approximate surface area is 105 Å². The number of unbranched alkanes of at least 4 members (excludes halogenated alkanes) is 1. The Morgan fingerprint density at radius 3 is 2.41 bits per heavy atom. The van der Waals surface area contributed by atoms with Gasteiger partial charge in [-0.25, -0.2) is 0 Å². The summed E-state index contributed by atoms with van der Waals surface area (Å²) in [5.74, 6) is 0. The molecule has 0 aliphatic carbocycles. The van der Waals surface area contributed by atoms with Crippen LogP contribution in [0, 0.1) is 0 Å². The molecular weight excluding hydrogens is 212 g/mol. The fraction of sp³-hybridized carbons (Fsp3) is 0.600. The van der Waals surface area contributed by atoms with Gasteiger partial charge < -0.3 is 9.84 Å². The van der Waals surface area contributed by atoms with Crippen molar-refractivity contribution in [3.63, 3.8) is 0 Å². The molecular formula is C15H24O2. The van der Waals surface area contributed by atoms with Crippen molar-refractivity contribution in [3.8, 4) is 0 Å². The minimum absolute atomic E-state index is 0.396. The molecule has 17 heavy (non-hydrogen) atoms. The number of aryl methyl sites for hydroxylation is 1. The lowest BCUT2D eigenvalue weighted by molar-refractivity contribution is 0.0349. The Morgan fingerprint density at radius 2 is 1.82 bits per heavy atom. The largest absolute Gasteiger partial charge is 0.386 e. The molecule has 0 fully saturated rings. The van der Waals surface area contributed by atoms with E-state index >= 15 is 0 Å². The molecule has 0 saturated heterocycles. The zero-order valence-corrected chi connectivity index (χ0v) is 11.0. The third-order valence-electron chi connectivity index (χ3n) is 2.82. The van der Waals surface area contributed by atoms with Crippen LogP contribution < -0.4 is 0 Å². The van der Waals surface area contributed by atoms with Crippen molar-refractivity contribution in [1.29, 1.82) is 0 Å². The highest BCUT2D eigenvalue weighted by atomic mass is 16.5. The van der Waals surface area contributed by atoms with E-state index in [0.29, 0.717) is 6.61 Å². The normalized spacial score (nSPS) is 12.6. The standard InChI is InChI=1S/C15H24O2/c1-3-5-11-17-12-15(16)14-9-7-13(6-4-2)8-10-14/h7-10,15-16H,3-6,11-12H2,1-2H3. The molecule has 0 aliphatic rings. The smallest absolute Gasteiger partial charge is 0.102 e. The number of hydrogen-bond acceptors (Lipinski definition) is 2. The van der Waals surface area contributed by atoms with Gasteiger partial charge in [-0.2, -0.15) is 0 Å². The van der Waals surface area contributed by atoms with E-state index < -0.39 is 6.10 Å². The molecule has 0 amide bonds. The summed E-state index contributed by atoms with van der Waals surface area (Å²) < 4.78 is 5.42. The van der Waals surface area contributed by atoms with E-state index in [4.69, 9.17) is 4.74 Å². The maximum Gasteiger partial charge on any atom is 0.102 e. The van der Waals surface area contributed by atoms with E-state index in [1.54, 1.807) is 0 Å². The Kier molecular flexibility index (Phi) is 6.90. The molecule has 2 nitrogen and oxygen atoms in total. The highest BCUT2D eigenvalue weighted by molar-refractivity contribution is 5.24. The van der Waals surface area contributed by atoms with Crippen LogP contribution in [-0.4, -0.2) is 18.3 Å². The summed E-state index contributed by atoms with van der Waals surface area (Å²) in [6, 6.07) is 8.18. The van der Waals surface area contributed by atoms with Crippen LogP contribution in [0.5, 0.6) is 0 Å². The third kappa shape index (κ3) is 5.33. The first-order valence-corrected chi connectivity index (χ1v) is 6.62. The van der Waals surface area contributed by atoms with E-state index in [9.17, 15) is 5.11 Å². The number of benzene rings is 1. The molecule has 1 aromatic carbocycles. The quantitative estimate of drug-likeness (QED) is 0.700. The predicted octanol–water partition coefficient (Wildman–Crippen LogP) is 3.49. The molecule has 0 aromatic heterocycles. The molecule has 0 radical (unpaired) electrons. The average Bonchev–Trinajstić information content (AvgIpc) is 2.36. The molecule has 0 aliphatic heterocycles. The number of hydrogen-bond donors (Lipinski definition) is 1. The summed E-state index contributed by atoms with van der Waals surface area (Å²) in [7, 11) is 0. The first-order valence-electron chi connectivity index (χ1n) is 6.62. The topological polar surface area (TPSA) is 29.5 Å². The summed E-state index contributed by atoms with van der Waals surface area (Å²) in [5.41, 5.74) is 2.27. The zero-order valence-electron chi connectivity index (χ0n) is 11.0. The van der Waals surface area contributed by atoms with Gasteiger partial charge >= 0.3 is 0 Å². The molecule has 0 saturated carbocycles. The summed E-state index contributed by atoms with van der Waals surface area (Å²) >= 11 is 0. The lowest BCUT2D eigenvalue weighted by Gasteiger charge is -2.12. The van der Waals surface area contributed by atoms with Crippen LogP contribution in [0.4, 0.5) is 0 Å². The monoisotopic (exact) mass is 236 g/mol. The molecule has 1 aromatic rings. The second kappa shape index (κ2) is 8.26. The Hall–Kier alpha value is -0.860. The Bertz CT molecular complexity index is 292. The lowest BCUT2D eigenvalue weighted by Crippen LogP contribution is -2.08. The minimum Gasteiger partial charge on any atom is -0.386 e. The predicted molar refractivity (Wildman–Crippen MR) is 71.1 cm³/mol. The Balaban J connectivity index is 2.37. The molecule has 96 valence electrons. The first-order chi connectivity index (χ1) is 8.27. The van der Waals surface area contributed by atoms with E-state index in [0.717, 1.165) is 37.9 Å². The van der Waals surface area contributed by atoms with Crippen LogP contribution in [0.25, 0.3) is 0 Å².